The standard InChI is InChI=1S/C21H34O2/c1-19-10-4-3-5-14(19)6-7-15-16(19)8-11-20(2)17(15)9-12-21(20,22)18-13-23-18/h14-18,22H,3-13H2,1-2H3/t14-,15-,16+,17+,18+,19+,20+,21+/m1/s1. The Morgan fingerprint density at radius 1 is 0.870 bits per heavy atom. The van der Waals surface area contributed by atoms with Gasteiger partial charge in [-0.2, -0.15) is 0 Å². The maximum absolute atomic E-state index is 11.4. The van der Waals surface area contributed by atoms with Crippen LogP contribution >= 0.6 is 0 Å². The van der Waals surface area contributed by atoms with Crippen LogP contribution in [0.2, 0.25) is 0 Å². The summed E-state index contributed by atoms with van der Waals surface area (Å²) in [4.78, 5) is 0. The topological polar surface area (TPSA) is 32.8 Å². The van der Waals surface area contributed by atoms with E-state index in [2.05, 4.69) is 13.8 Å². The normalized spacial score (nSPS) is 61.4. The predicted molar refractivity (Wildman–Crippen MR) is 91.0 cm³/mol. The van der Waals surface area contributed by atoms with Gasteiger partial charge in [-0.05, 0) is 80.5 Å². The molecule has 4 aliphatic carbocycles. The van der Waals surface area contributed by atoms with Gasteiger partial charge in [0.15, 0.2) is 0 Å². The Bertz CT molecular complexity index is 500. The maximum atomic E-state index is 11.4. The van der Waals surface area contributed by atoms with Crippen LogP contribution in [0.5, 0.6) is 0 Å². The molecule has 0 radical (unpaired) electrons. The minimum atomic E-state index is -0.521. The van der Waals surface area contributed by atoms with Gasteiger partial charge in [0.1, 0.15) is 6.10 Å². The quantitative estimate of drug-likeness (QED) is 0.719. The number of rotatable bonds is 1. The van der Waals surface area contributed by atoms with E-state index in [1.54, 1.807) is 0 Å². The Morgan fingerprint density at radius 2 is 1.65 bits per heavy atom. The molecule has 23 heavy (non-hydrogen) atoms. The van der Waals surface area contributed by atoms with E-state index in [1.165, 1.54) is 57.8 Å². The summed E-state index contributed by atoms with van der Waals surface area (Å²) in [5.41, 5.74) is 0.208. The fourth-order valence-electron chi connectivity index (χ4n) is 8.20. The number of hydrogen-bond donors (Lipinski definition) is 1. The van der Waals surface area contributed by atoms with Crippen LogP contribution in [0.1, 0.15) is 78.1 Å². The lowest BCUT2D eigenvalue weighted by atomic mass is 9.44. The molecule has 0 aromatic rings. The molecule has 0 bridgehead atoms. The Hall–Kier alpha value is -0.0800. The highest BCUT2D eigenvalue weighted by molar-refractivity contribution is 5.17. The summed E-state index contributed by atoms with van der Waals surface area (Å²) in [5, 5.41) is 11.4. The third-order valence-corrected chi connectivity index (χ3v) is 9.66. The predicted octanol–water partition coefficient (Wildman–Crippen LogP) is 4.55. The lowest BCUT2D eigenvalue weighted by Gasteiger charge is -2.61. The van der Waals surface area contributed by atoms with Gasteiger partial charge < -0.3 is 9.84 Å². The van der Waals surface area contributed by atoms with Crippen LogP contribution in [0.15, 0.2) is 0 Å². The molecule has 1 saturated heterocycles. The fourth-order valence-corrected chi connectivity index (χ4v) is 8.20. The number of aliphatic hydroxyl groups is 1. The molecule has 8 atom stereocenters. The van der Waals surface area contributed by atoms with Crippen LogP contribution in [0.4, 0.5) is 0 Å². The Morgan fingerprint density at radius 3 is 2.43 bits per heavy atom. The van der Waals surface area contributed by atoms with Crippen molar-refractivity contribution in [2.75, 3.05) is 6.61 Å². The van der Waals surface area contributed by atoms with Gasteiger partial charge >= 0.3 is 0 Å². The number of fused-ring (bicyclic) bond motifs is 5. The second kappa shape index (κ2) is 4.75. The minimum Gasteiger partial charge on any atom is -0.387 e. The third kappa shape index (κ3) is 1.83. The van der Waals surface area contributed by atoms with Gasteiger partial charge in [-0.25, -0.2) is 0 Å². The zero-order valence-corrected chi connectivity index (χ0v) is 15.0. The van der Waals surface area contributed by atoms with Crippen molar-refractivity contribution in [3.8, 4) is 0 Å². The summed E-state index contributed by atoms with van der Waals surface area (Å²) in [7, 11) is 0. The van der Waals surface area contributed by atoms with E-state index in [1.807, 2.05) is 0 Å². The molecule has 130 valence electrons. The average Bonchev–Trinajstić information content (AvgIpc) is 3.34. The van der Waals surface area contributed by atoms with E-state index >= 15 is 0 Å². The molecule has 2 nitrogen and oxygen atoms in total. The van der Waals surface area contributed by atoms with Crippen molar-refractivity contribution < 1.29 is 9.84 Å². The lowest BCUT2D eigenvalue weighted by Crippen LogP contribution is -2.57. The molecule has 1 heterocycles. The summed E-state index contributed by atoms with van der Waals surface area (Å²) in [5.74, 6) is 3.55. The van der Waals surface area contributed by atoms with Crippen molar-refractivity contribution in [1.82, 2.24) is 0 Å². The van der Waals surface area contributed by atoms with Crippen molar-refractivity contribution in [1.29, 1.82) is 0 Å². The van der Waals surface area contributed by atoms with Crippen molar-refractivity contribution in [3.05, 3.63) is 0 Å². The van der Waals surface area contributed by atoms with E-state index in [0.29, 0.717) is 5.41 Å². The molecule has 1 aliphatic heterocycles. The van der Waals surface area contributed by atoms with Crippen molar-refractivity contribution in [2.24, 2.45) is 34.5 Å². The van der Waals surface area contributed by atoms with E-state index in [9.17, 15) is 5.11 Å². The first kappa shape index (κ1) is 15.2. The van der Waals surface area contributed by atoms with E-state index in [0.717, 1.165) is 36.7 Å². The van der Waals surface area contributed by atoms with Crippen molar-refractivity contribution in [2.45, 2.75) is 89.8 Å². The average molecular weight is 319 g/mol. The molecule has 1 N–H and O–H groups in total. The van der Waals surface area contributed by atoms with Crippen LogP contribution in [0.3, 0.4) is 0 Å². The highest BCUT2D eigenvalue weighted by Crippen LogP contribution is 2.69. The number of ether oxygens (including phenoxy) is 1. The highest BCUT2D eigenvalue weighted by atomic mass is 16.6. The maximum Gasteiger partial charge on any atom is 0.110 e. The molecule has 5 aliphatic rings. The van der Waals surface area contributed by atoms with Crippen LogP contribution in [0.25, 0.3) is 0 Å². The van der Waals surface area contributed by atoms with Crippen molar-refractivity contribution >= 4 is 0 Å². The second-order valence-corrected chi connectivity index (χ2v) is 10.1. The molecular weight excluding hydrogens is 284 g/mol. The van der Waals surface area contributed by atoms with Crippen LogP contribution in [-0.4, -0.2) is 23.4 Å². The molecule has 0 aromatic heterocycles. The summed E-state index contributed by atoms with van der Waals surface area (Å²) in [6.45, 7) is 5.85. The van der Waals surface area contributed by atoms with Crippen LogP contribution in [0, 0.1) is 34.5 Å². The first-order valence-electron chi connectivity index (χ1n) is 10.3. The Balaban J connectivity index is 1.47. The van der Waals surface area contributed by atoms with Gasteiger partial charge in [0, 0.05) is 5.41 Å². The molecule has 0 aromatic carbocycles. The zero-order valence-electron chi connectivity index (χ0n) is 15.0. The minimum absolute atomic E-state index is 0.118. The molecular formula is C21H34O2. The first-order valence-corrected chi connectivity index (χ1v) is 10.3. The Labute approximate surface area is 141 Å². The first-order chi connectivity index (χ1) is 11.0. The van der Waals surface area contributed by atoms with Crippen molar-refractivity contribution in [3.63, 3.8) is 0 Å². The molecule has 5 rings (SSSR count). The molecule has 0 unspecified atom stereocenters. The smallest absolute Gasteiger partial charge is 0.110 e. The van der Waals surface area contributed by atoms with E-state index in [4.69, 9.17) is 4.74 Å². The van der Waals surface area contributed by atoms with Gasteiger partial charge in [-0.15, -0.1) is 0 Å². The lowest BCUT2D eigenvalue weighted by molar-refractivity contribution is -0.157. The number of epoxide rings is 1. The van der Waals surface area contributed by atoms with E-state index in [-0.39, 0.29) is 11.5 Å². The molecule has 0 spiro atoms. The zero-order chi connectivity index (χ0) is 15.9. The summed E-state index contributed by atoms with van der Waals surface area (Å²) in [6.07, 6.45) is 13.8. The van der Waals surface area contributed by atoms with Crippen LogP contribution < -0.4 is 0 Å². The Kier molecular flexibility index (Phi) is 3.14. The SMILES string of the molecule is C[C@]12CCCC[C@@H]1CC[C@@H]1[C@@H]2CC[C@@]2(C)[C@H]1CC[C@]2(O)[C@@H]1CO1. The summed E-state index contributed by atoms with van der Waals surface area (Å²) < 4.78 is 5.60. The van der Waals surface area contributed by atoms with Gasteiger partial charge in [-0.3, -0.25) is 0 Å². The fraction of sp³-hybridized carbons (Fsp3) is 1.00. The van der Waals surface area contributed by atoms with Gasteiger partial charge in [-0.1, -0.05) is 26.7 Å². The molecule has 5 fully saturated rings. The highest BCUT2D eigenvalue weighted by Gasteiger charge is 2.68. The molecule has 2 heteroatoms. The molecule has 0 amide bonds. The number of hydrogen-bond acceptors (Lipinski definition) is 2. The van der Waals surface area contributed by atoms with Gasteiger partial charge in [0.2, 0.25) is 0 Å². The largest absolute Gasteiger partial charge is 0.387 e. The van der Waals surface area contributed by atoms with E-state index < -0.39 is 5.60 Å². The second-order valence-electron chi connectivity index (χ2n) is 10.1. The van der Waals surface area contributed by atoms with Gasteiger partial charge in [0.25, 0.3) is 0 Å². The van der Waals surface area contributed by atoms with Crippen LogP contribution in [-0.2, 0) is 4.74 Å². The third-order valence-electron chi connectivity index (χ3n) is 9.66. The summed E-state index contributed by atoms with van der Waals surface area (Å²) >= 11 is 0. The monoisotopic (exact) mass is 318 g/mol. The summed E-state index contributed by atoms with van der Waals surface area (Å²) in [6, 6.07) is 0. The van der Waals surface area contributed by atoms with Gasteiger partial charge in [0.05, 0.1) is 12.2 Å². The molecule has 4 saturated carbocycles.